The van der Waals surface area contributed by atoms with Crippen LogP contribution in [0.15, 0.2) is 30.6 Å². The first kappa shape index (κ1) is 18.8. The number of nitrogens with zero attached hydrogens (tertiary/aromatic N) is 4. The Morgan fingerprint density at radius 3 is 2.85 bits per heavy atom. The van der Waals surface area contributed by atoms with E-state index in [1.807, 2.05) is 33.5 Å². The monoisotopic (exact) mass is 373 g/mol. The maximum atomic E-state index is 11.3. The van der Waals surface area contributed by atoms with Gasteiger partial charge in [0.1, 0.15) is 6.33 Å². The van der Waals surface area contributed by atoms with Gasteiger partial charge in [0.25, 0.3) is 0 Å². The molecular weight excluding hydrogens is 346 g/mol. The van der Waals surface area contributed by atoms with Gasteiger partial charge in [0.2, 0.25) is 10.7 Å². The lowest BCUT2D eigenvalue weighted by Gasteiger charge is -2.26. The molecule has 1 N–H and O–H groups in total. The van der Waals surface area contributed by atoms with Crippen LogP contribution in [0, 0.1) is 10.7 Å². The van der Waals surface area contributed by atoms with E-state index in [2.05, 4.69) is 22.4 Å². The summed E-state index contributed by atoms with van der Waals surface area (Å²) in [6, 6.07) is 7.61. The molecule has 0 bridgehead atoms. The number of aromatic nitrogens is 3. The summed E-state index contributed by atoms with van der Waals surface area (Å²) in [6.07, 6.45) is 8.51. The molecule has 1 amide bonds. The number of rotatable bonds is 6. The first-order valence-corrected chi connectivity index (χ1v) is 9.65. The van der Waals surface area contributed by atoms with Crippen LogP contribution in [0.2, 0.25) is 0 Å². The Labute approximate surface area is 159 Å². The topological polar surface area (TPSA) is 55.1 Å². The van der Waals surface area contributed by atoms with E-state index in [9.17, 15) is 4.79 Å². The van der Waals surface area contributed by atoms with Gasteiger partial charge in [0.05, 0.1) is 12.4 Å². The zero-order chi connectivity index (χ0) is 18.5. The number of carbonyl (C=O) groups excluding carboxylic acids is 1. The van der Waals surface area contributed by atoms with Crippen LogP contribution in [0.1, 0.15) is 39.0 Å². The molecule has 1 aromatic heterocycles. The smallest absolute Gasteiger partial charge is 0.221 e. The molecule has 1 aliphatic rings. The molecule has 0 radical (unpaired) electrons. The second kappa shape index (κ2) is 8.60. The Morgan fingerprint density at radius 2 is 2.12 bits per heavy atom. The Balaban J connectivity index is 1.69. The molecule has 3 rings (SSSR count). The Kier molecular flexibility index (Phi) is 6.21. The zero-order valence-electron chi connectivity index (χ0n) is 15.5. The van der Waals surface area contributed by atoms with Gasteiger partial charge in [0, 0.05) is 19.2 Å². The van der Waals surface area contributed by atoms with Crippen LogP contribution in [-0.2, 0) is 11.5 Å². The summed E-state index contributed by atoms with van der Waals surface area (Å²) in [6.45, 7) is 3.28. The zero-order valence-corrected chi connectivity index (χ0v) is 16.3. The molecule has 0 saturated heterocycles. The van der Waals surface area contributed by atoms with Crippen LogP contribution in [-0.4, -0.2) is 38.7 Å². The molecule has 7 heteroatoms. The van der Waals surface area contributed by atoms with E-state index in [1.54, 1.807) is 6.33 Å². The van der Waals surface area contributed by atoms with Crippen molar-refractivity contribution in [1.82, 2.24) is 19.2 Å². The minimum absolute atomic E-state index is 0.0919. The second-order valence-corrected chi connectivity index (χ2v) is 7.56. The van der Waals surface area contributed by atoms with Gasteiger partial charge in [-0.2, -0.15) is 5.10 Å². The molecule has 1 saturated carbocycles. The minimum Gasteiger partial charge on any atom is -0.326 e. The average Bonchev–Trinajstić information content (AvgIpc) is 2.96. The molecule has 2 aromatic rings. The van der Waals surface area contributed by atoms with E-state index >= 15 is 0 Å². The van der Waals surface area contributed by atoms with Gasteiger partial charge in [0.15, 0.2) is 0 Å². The van der Waals surface area contributed by atoms with E-state index in [0.717, 1.165) is 23.8 Å². The number of nitrogens with one attached hydrogen (secondary N) is 1. The normalized spacial score (nSPS) is 15.3. The van der Waals surface area contributed by atoms with Crippen LogP contribution in [0.25, 0.3) is 5.69 Å². The lowest BCUT2D eigenvalue weighted by Crippen LogP contribution is -2.29. The standard InChI is InChI=1S/C19H27N5OS/c1-15(25)21-17-9-6-10-18(11-17)23-13-20-24(19(23)26)14-22(2)12-16-7-4-3-5-8-16/h6,9-11,13,16H,3-5,7-8,12,14H2,1-2H3,(H,21,25). The number of amides is 1. The van der Waals surface area contributed by atoms with Crippen molar-refractivity contribution in [2.45, 2.75) is 45.7 Å². The summed E-state index contributed by atoms with van der Waals surface area (Å²) in [5.41, 5.74) is 1.64. The highest BCUT2D eigenvalue weighted by atomic mass is 32.1. The van der Waals surface area contributed by atoms with Crippen LogP contribution < -0.4 is 5.32 Å². The molecule has 0 aliphatic heterocycles. The second-order valence-electron chi connectivity index (χ2n) is 7.20. The highest BCUT2D eigenvalue weighted by Crippen LogP contribution is 2.24. The van der Waals surface area contributed by atoms with E-state index < -0.39 is 0 Å². The van der Waals surface area contributed by atoms with Crippen molar-refractivity contribution in [2.75, 3.05) is 18.9 Å². The van der Waals surface area contributed by atoms with Crippen molar-refractivity contribution < 1.29 is 4.79 Å². The SMILES string of the molecule is CC(=O)Nc1cccc(-n2cnn(CN(C)CC3CCCCC3)c2=S)c1. The molecule has 1 heterocycles. The molecule has 0 atom stereocenters. The minimum atomic E-state index is -0.0919. The van der Waals surface area contributed by atoms with Crippen molar-refractivity contribution in [3.63, 3.8) is 0 Å². The van der Waals surface area contributed by atoms with Gasteiger partial charge in [-0.3, -0.25) is 14.3 Å². The van der Waals surface area contributed by atoms with Gasteiger partial charge in [-0.25, -0.2) is 4.68 Å². The van der Waals surface area contributed by atoms with Crippen LogP contribution in [0.5, 0.6) is 0 Å². The van der Waals surface area contributed by atoms with E-state index in [4.69, 9.17) is 12.2 Å². The van der Waals surface area contributed by atoms with Crippen molar-refractivity contribution in [2.24, 2.45) is 5.92 Å². The molecule has 1 aliphatic carbocycles. The maximum absolute atomic E-state index is 11.3. The number of benzene rings is 1. The van der Waals surface area contributed by atoms with E-state index in [0.29, 0.717) is 11.4 Å². The quantitative estimate of drug-likeness (QED) is 0.782. The van der Waals surface area contributed by atoms with Crippen molar-refractivity contribution in [3.05, 3.63) is 35.4 Å². The summed E-state index contributed by atoms with van der Waals surface area (Å²) in [5, 5.41) is 7.26. The van der Waals surface area contributed by atoms with Crippen molar-refractivity contribution in [1.29, 1.82) is 0 Å². The third kappa shape index (κ3) is 4.80. The molecule has 26 heavy (non-hydrogen) atoms. The van der Waals surface area contributed by atoms with Crippen LogP contribution in [0.3, 0.4) is 0 Å². The van der Waals surface area contributed by atoms with Gasteiger partial charge in [-0.15, -0.1) is 0 Å². The summed E-state index contributed by atoms with van der Waals surface area (Å²) in [4.78, 5) is 13.6. The summed E-state index contributed by atoms with van der Waals surface area (Å²) in [5.74, 6) is 0.699. The fourth-order valence-corrected chi connectivity index (χ4v) is 3.90. The summed E-state index contributed by atoms with van der Waals surface area (Å²) in [7, 11) is 2.13. The lowest BCUT2D eigenvalue weighted by molar-refractivity contribution is -0.114. The molecule has 6 nitrogen and oxygen atoms in total. The van der Waals surface area contributed by atoms with Crippen molar-refractivity contribution >= 4 is 23.8 Å². The van der Waals surface area contributed by atoms with Crippen LogP contribution >= 0.6 is 12.2 Å². The molecular formula is C19H27N5OS. The van der Waals surface area contributed by atoms with Gasteiger partial charge >= 0.3 is 0 Å². The molecule has 1 aromatic carbocycles. The predicted octanol–water partition coefficient (Wildman–Crippen LogP) is 3.83. The molecule has 0 spiro atoms. The lowest BCUT2D eigenvalue weighted by atomic mass is 9.89. The first-order valence-electron chi connectivity index (χ1n) is 9.24. The van der Waals surface area contributed by atoms with Crippen molar-refractivity contribution in [3.8, 4) is 5.69 Å². The van der Waals surface area contributed by atoms with Gasteiger partial charge < -0.3 is 5.32 Å². The third-order valence-corrected chi connectivity index (χ3v) is 5.26. The van der Waals surface area contributed by atoms with E-state index in [1.165, 1.54) is 39.0 Å². The predicted molar refractivity (Wildman–Crippen MR) is 106 cm³/mol. The van der Waals surface area contributed by atoms with Gasteiger partial charge in [-0.1, -0.05) is 25.3 Å². The number of hydrogen-bond acceptors (Lipinski definition) is 4. The third-order valence-electron chi connectivity index (χ3n) is 4.85. The Bertz CT molecular complexity index is 806. The van der Waals surface area contributed by atoms with Gasteiger partial charge in [-0.05, 0) is 56.2 Å². The number of hydrogen-bond donors (Lipinski definition) is 1. The fourth-order valence-electron chi connectivity index (χ4n) is 3.64. The van der Waals surface area contributed by atoms with Crippen LogP contribution in [0.4, 0.5) is 5.69 Å². The first-order chi connectivity index (χ1) is 12.5. The highest BCUT2D eigenvalue weighted by Gasteiger charge is 2.16. The van der Waals surface area contributed by atoms with E-state index in [-0.39, 0.29) is 5.91 Å². The molecule has 0 unspecified atom stereocenters. The Morgan fingerprint density at radius 1 is 1.35 bits per heavy atom. The molecule has 1 fully saturated rings. The number of anilines is 1. The molecule has 140 valence electrons. The summed E-state index contributed by atoms with van der Waals surface area (Å²) >= 11 is 5.61. The maximum Gasteiger partial charge on any atom is 0.221 e. The number of carbonyl (C=O) groups is 1. The largest absolute Gasteiger partial charge is 0.326 e. The highest BCUT2D eigenvalue weighted by molar-refractivity contribution is 7.71. The average molecular weight is 374 g/mol. The summed E-state index contributed by atoms with van der Waals surface area (Å²) < 4.78 is 4.37. The Hall–Kier alpha value is -1.99. The fraction of sp³-hybridized carbons (Fsp3) is 0.526.